The molecule has 3 aromatic rings. The zero-order chi connectivity index (χ0) is 11.0. The van der Waals surface area contributed by atoms with Crippen LogP contribution in [0.1, 0.15) is 5.82 Å². The maximum absolute atomic E-state index is 4.50. The van der Waals surface area contributed by atoms with Crippen LogP contribution in [0, 0.1) is 13.0 Å². The van der Waals surface area contributed by atoms with Gasteiger partial charge in [-0.15, -0.1) is 0 Å². The van der Waals surface area contributed by atoms with Crippen LogP contribution in [0.3, 0.4) is 0 Å². The zero-order valence-electron chi connectivity index (χ0n) is 8.99. The molecule has 0 unspecified atom stereocenters. The van der Waals surface area contributed by atoms with Gasteiger partial charge in [-0.1, -0.05) is 36.4 Å². The molecule has 1 aromatic heterocycles. The molecule has 0 aliphatic heterocycles. The third-order valence-electron chi connectivity index (χ3n) is 2.63. The number of imidazole rings is 1. The topological polar surface area (TPSA) is 28.7 Å². The van der Waals surface area contributed by atoms with Gasteiger partial charge in [0.05, 0.1) is 11.0 Å². The SMILES string of the molecule is Cc1nc2c(-c3ccccc3)[c]ccc2[nH]1. The first-order valence-electron chi connectivity index (χ1n) is 5.27. The molecule has 0 atom stereocenters. The van der Waals surface area contributed by atoms with Crippen molar-refractivity contribution in [2.24, 2.45) is 0 Å². The zero-order valence-corrected chi connectivity index (χ0v) is 8.99. The third kappa shape index (κ3) is 1.39. The summed E-state index contributed by atoms with van der Waals surface area (Å²) in [6.45, 7) is 1.97. The number of nitrogens with one attached hydrogen (secondary N) is 1. The average molecular weight is 207 g/mol. The summed E-state index contributed by atoms with van der Waals surface area (Å²) in [6.07, 6.45) is 0. The Morgan fingerprint density at radius 2 is 1.94 bits per heavy atom. The van der Waals surface area contributed by atoms with Crippen LogP contribution in [-0.2, 0) is 0 Å². The Morgan fingerprint density at radius 1 is 1.12 bits per heavy atom. The van der Waals surface area contributed by atoms with Gasteiger partial charge in [-0.05, 0) is 24.6 Å². The second-order valence-electron chi connectivity index (χ2n) is 3.80. The number of H-pyrrole nitrogens is 1. The first-order valence-corrected chi connectivity index (χ1v) is 5.27. The summed E-state index contributed by atoms with van der Waals surface area (Å²) in [5.41, 5.74) is 4.27. The molecule has 2 aromatic carbocycles. The molecule has 3 rings (SSSR count). The summed E-state index contributed by atoms with van der Waals surface area (Å²) >= 11 is 0. The fraction of sp³-hybridized carbons (Fsp3) is 0.0714. The number of nitrogens with zero attached hydrogens (tertiary/aromatic N) is 1. The maximum Gasteiger partial charge on any atom is 0.104 e. The Hall–Kier alpha value is -2.09. The summed E-state index contributed by atoms with van der Waals surface area (Å²) in [5.74, 6) is 0.937. The molecule has 2 heteroatoms. The lowest BCUT2D eigenvalue weighted by Crippen LogP contribution is -1.80. The summed E-state index contributed by atoms with van der Waals surface area (Å²) < 4.78 is 0. The number of aromatic amines is 1. The van der Waals surface area contributed by atoms with Crippen molar-refractivity contribution in [2.45, 2.75) is 6.92 Å². The minimum absolute atomic E-state index is 0.937. The number of aromatic nitrogens is 2. The molecule has 77 valence electrons. The summed E-state index contributed by atoms with van der Waals surface area (Å²) in [6, 6.07) is 17.4. The molecular weight excluding hydrogens is 196 g/mol. The van der Waals surface area contributed by atoms with Crippen LogP contribution in [0.4, 0.5) is 0 Å². The van der Waals surface area contributed by atoms with E-state index >= 15 is 0 Å². The number of aryl methyl sites for hydroxylation is 1. The van der Waals surface area contributed by atoms with Crippen molar-refractivity contribution in [3.63, 3.8) is 0 Å². The molecule has 0 saturated carbocycles. The number of hydrogen-bond donors (Lipinski definition) is 1. The quantitative estimate of drug-likeness (QED) is 0.651. The van der Waals surface area contributed by atoms with Crippen molar-refractivity contribution >= 4 is 11.0 Å². The molecule has 0 amide bonds. The van der Waals surface area contributed by atoms with E-state index in [1.165, 1.54) is 0 Å². The maximum atomic E-state index is 4.50. The Bertz CT molecular complexity index is 624. The lowest BCUT2D eigenvalue weighted by Gasteiger charge is -2.00. The van der Waals surface area contributed by atoms with Gasteiger partial charge in [0.2, 0.25) is 0 Å². The average Bonchev–Trinajstić information content (AvgIpc) is 2.70. The van der Waals surface area contributed by atoms with E-state index in [1.807, 2.05) is 37.3 Å². The summed E-state index contributed by atoms with van der Waals surface area (Å²) in [4.78, 5) is 7.74. The highest BCUT2D eigenvalue weighted by Gasteiger charge is 2.06. The van der Waals surface area contributed by atoms with Crippen molar-refractivity contribution in [2.75, 3.05) is 0 Å². The van der Waals surface area contributed by atoms with Gasteiger partial charge in [0.25, 0.3) is 0 Å². The fourth-order valence-corrected chi connectivity index (χ4v) is 1.92. The molecule has 0 fully saturated rings. The van der Waals surface area contributed by atoms with Crippen molar-refractivity contribution in [1.82, 2.24) is 9.97 Å². The van der Waals surface area contributed by atoms with Gasteiger partial charge in [0, 0.05) is 5.56 Å². The Kier molecular flexibility index (Phi) is 2.00. The van der Waals surface area contributed by atoms with Gasteiger partial charge in [-0.2, -0.15) is 0 Å². The van der Waals surface area contributed by atoms with Crippen molar-refractivity contribution in [3.8, 4) is 11.1 Å². The minimum Gasteiger partial charge on any atom is -0.342 e. The standard InChI is InChI=1S/C14H11N2/c1-10-15-13-9-5-8-12(14(13)16-10)11-6-3-2-4-7-11/h2-7,9H,1H3,(H,15,16). The van der Waals surface area contributed by atoms with E-state index in [0.29, 0.717) is 0 Å². The molecule has 16 heavy (non-hydrogen) atoms. The Balaban J connectivity index is 2.31. The van der Waals surface area contributed by atoms with E-state index < -0.39 is 0 Å². The minimum atomic E-state index is 0.937. The van der Waals surface area contributed by atoms with Gasteiger partial charge in [-0.3, -0.25) is 0 Å². The molecule has 0 aliphatic rings. The molecule has 0 bridgehead atoms. The van der Waals surface area contributed by atoms with Crippen LogP contribution >= 0.6 is 0 Å². The number of rotatable bonds is 1. The molecule has 1 N–H and O–H groups in total. The second kappa shape index (κ2) is 3.49. The first kappa shape index (κ1) is 9.16. The normalized spacial score (nSPS) is 10.8. The fourth-order valence-electron chi connectivity index (χ4n) is 1.92. The van der Waals surface area contributed by atoms with E-state index in [9.17, 15) is 0 Å². The highest BCUT2D eigenvalue weighted by atomic mass is 14.9. The molecule has 2 nitrogen and oxygen atoms in total. The first-order chi connectivity index (χ1) is 7.84. The predicted octanol–water partition coefficient (Wildman–Crippen LogP) is 3.34. The van der Waals surface area contributed by atoms with Gasteiger partial charge in [0.15, 0.2) is 0 Å². The molecule has 0 aliphatic carbocycles. The number of fused-ring (bicyclic) bond motifs is 1. The second-order valence-corrected chi connectivity index (χ2v) is 3.80. The largest absolute Gasteiger partial charge is 0.342 e. The van der Waals surface area contributed by atoms with Crippen LogP contribution in [0.2, 0.25) is 0 Å². The number of hydrogen-bond acceptors (Lipinski definition) is 1. The Labute approximate surface area is 94.0 Å². The third-order valence-corrected chi connectivity index (χ3v) is 2.63. The smallest absolute Gasteiger partial charge is 0.104 e. The molecule has 0 saturated heterocycles. The van der Waals surface area contributed by atoms with E-state index in [-0.39, 0.29) is 0 Å². The van der Waals surface area contributed by atoms with Crippen molar-refractivity contribution in [3.05, 3.63) is 54.4 Å². The van der Waals surface area contributed by atoms with Crippen molar-refractivity contribution < 1.29 is 0 Å². The lowest BCUT2D eigenvalue weighted by atomic mass is 10.0. The van der Waals surface area contributed by atoms with E-state index in [2.05, 4.69) is 28.2 Å². The highest BCUT2D eigenvalue weighted by Crippen LogP contribution is 2.26. The van der Waals surface area contributed by atoms with Gasteiger partial charge < -0.3 is 4.98 Å². The highest BCUT2D eigenvalue weighted by molar-refractivity contribution is 5.91. The molecule has 0 spiro atoms. The van der Waals surface area contributed by atoms with Gasteiger partial charge in [-0.25, -0.2) is 4.98 Å². The van der Waals surface area contributed by atoms with Crippen LogP contribution in [-0.4, -0.2) is 9.97 Å². The molecule has 1 heterocycles. The van der Waals surface area contributed by atoms with Gasteiger partial charge >= 0.3 is 0 Å². The summed E-state index contributed by atoms with van der Waals surface area (Å²) in [5, 5.41) is 0. The van der Waals surface area contributed by atoms with Crippen molar-refractivity contribution in [1.29, 1.82) is 0 Å². The van der Waals surface area contributed by atoms with Crippen LogP contribution < -0.4 is 0 Å². The number of benzene rings is 2. The molecular formula is C14H11N2. The van der Waals surface area contributed by atoms with E-state index in [0.717, 1.165) is 28.0 Å². The Morgan fingerprint density at radius 3 is 2.75 bits per heavy atom. The van der Waals surface area contributed by atoms with Gasteiger partial charge in [0.1, 0.15) is 5.82 Å². The predicted molar refractivity (Wildman–Crippen MR) is 65.1 cm³/mol. The van der Waals surface area contributed by atoms with Crippen LogP contribution in [0.25, 0.3) is 22.2 Å². The van der Waals surface area contributed by atoms with E-state index in [4.69, 9.17) is 0 Å². The van der Waals surface area contributed by atoms with Crippen LogP contribution in [0.5, 0.6) is 0 Å². The molecule has 1 radical (unpaired) electrons. The van der Waals surface area contributed by atoms with Crippen LogP contribution in [0.15, 0.2) is 42.5 Å². The van der Waals surface area contributed by atoms with E-state index in [1.54, 1.807) is 0 Å². The lowest BCUT2D eigenvalue weighted by molar-refractivity contribution is 1.17. The summed E-state index contributed by atoms with van der Waals surface area (Å²) in [7, 11) is 0. The monoisotopic (exact) mass is 207 g/mol.